The van der Waals surface area contributed by atoms with Gasteiger partial charge in [-0.1, -0.05) is 43.9 Å². The van der Waals surface area contributed by atoms with Crippen molar-refractivity contribution in [1.82, 2.24) is 9.55 Å². The van der Waals surface area contributed by atoms with Gasteiger partial charge in [-0.25, -0.2) is 4.98 Å². The van der Waals surface area contributed by atoms with Crippen molar-refractivity contribution >= 4 is 25.1 Å². The lowest BCUT2D eigenvalue weighted by atomic mass is 10.1. The van der Waals surface area contributed by atoms with Gasteiger partial charge in [0.1, 0.15) is 35.7 Å². The van der Waals surface area contributed by atoms with Gasteiger partial charge < -0.3 is 18.8 Å². The summed E-state index contributed by atoms with van der Waals surface area (Å²) in [6.07, 6.45) is -2.48. The molecule has 208 valence electrons. The van der Waals surface area contributed by atoms with E-state index in [1.54, 1.807) is 36.4 Å². The van der Waals surface area contributed by atoms with Crippen LogP contribution in [-0.2, 0) is 28.9 Å². The summed E-state index contributed by atoms with van der Waals surface area (Å²) in [5.41, 5.74) is -0.324. The number of hydrogen-bond donors (Lipinski definition) is 0. The number of halogens is 3. The van der Waals surface area contributed by atoms with Crippen LogP contribution in [0.2, 0.25) is 25.7 Å². The second kappa shape index (κ2) is 11.9. The number of fused-ring (bicyclic) bond motifs is 1. The minimum Gasteiger partial charge on any atom is -0.455 e. The van der Waals surface area contributed by atoms with Crippen molar-refractivity contribution in [3.63, 3.8) is 0 Å². The van der Waals surface area contributed by atoms with Crippen LogP contribution < -0.4 is 9.47 Å². The van der Waals surface area contributed by atoms with E-state index in [1.165, 1.54) is 29.0 Å². The Morgan fingerprint density at radius 1 is 1.07 bits per heavy atom. The first-order chi connectivity index (χ1) is 18.9. The number of nitrogens with zero attached hydrogens (tertiary/aromatic N) is 3. The van der Waals surface area contributed by atoms with Crippen molar-refractivity contribution in [2.75, 3.05) is 6.61 Å². The van der Waals surface area contributed by atoms with E-state index >= 15 is 0 Å². The number of hydrogen-bond acceptors (Lipinski definition) is 6. The molecule has 2 aromatic carbocycles. The first-order valence-corrected chi connectivity index (χ1v) is 16.2. The third-order valence-corrected chi connectivity index (χ3v) is 7.66. The molecule has 0 aliphatic carbocycles. The SMILES string of the molecule is C[Si](C)(C)CCOCn1cc(C(F)(F)F)c2c(Oc3ccc(CC(=O)Oc4ccccc4)cc3C#N)ccnc21. The molecule has 4 aromatic rings. The highest BCUT2D eigenvalue weighted by molar-refractivity contribution is 6.76. The lowest BCUT2D eigenvalue weighted by Crippen LogP contribution is -2.22. The highest BCUT2D eigenvalue weighted by atomic mass is 28.3. The molecule has 0 bridgehead atoms. The Balaban J connectivity index is 1.58. The maximum atomic E-state index is 14.0. The third kappa shape index (κ3) is 7.28. The summed E-state index contributed by atoms with van der Waals surface area (Å²) >= 11 is 0. The molecule has 0 spiro atoms. The Hall–Kier alpha value is -4.14. The number of alkyl halides is 3. The number of aromatic nitrogens is 2. The zero-order valence-electron chi connectivity index (χ0n) is 22.3. The number of rotatable bonds is 10. The topological polar surface area (TPSA) is 86.4 Å². The van der Waals surface area contributed by atoms with Crippen LogP contribution in [0.4, 0.5) is 13.2 Å². The molecule has 0 saturated heterocycles. The number of nitriles is 1. The first-order valence-electron chi connectivity index (χ1n) is 12.5. The fourth-order valence-electron chi connectivity index (χ4n) is 3.93. The minimum absolute atomic E-state index is 0.0439. The van der Waals surface area contributed by atoms with Crippen LogP contribution in [0.1, 0.15) is 16.7 Å². The van der Waals surface area contributed by atoms with Gasteiger partial charge in [-0.15, -0.1) is 0 Å². The summed E-state index contributed by atoms with van der Waals surface area (Å²) in [6, 6.07) is 17.2. The van der Waals surface area contributed by atoms with Gasteiger partial charge in [-0.05, 0) is 41.9 Å². The fourth-order valence-corrected chi connectivity index (χ4v) is 4.69. The molecule has 2 heterocycles. The molecule has 0 atom stereocenters. The zero-order chi connectivity index (χ0) is 28.9. The Labute approximate surface area is 230 Å². The van der Waals surface area contributed by atoms with Gasteiger partial charge in [-0.2, -0.15) is 18.4 Å². The predicted octanol–water partition coefficient (Wildman–Crippen LogP) is 7.18. The molecule has 0 fully saturated rings. The van der Waals surface area contributed by atoms with Crippen molar-refractivity contribution in [3.05, 3.63) is 83.7 Å². The van der Waals surface area contributed by atoms with Crippen LogP contribution in [0.3, 0.4) is 0 Å². The molecule has 0 amide bonds. The standard InChI is InChI=1S/C29H28F3N3O4Si/c1-40(2,3)14-13-37-19-35-18-23(29(30,31)32)27-25(11-12-34-28(27)35)39-24-10-9-20(15-21(24)17-33)16-26(36)38-22-7-5-4-6-8-22/h4-12,15,18H,13-14,16,19H2,1-3H3. The summed E-state index contributed by atoms with van der Waals surface area (Å²) in [7, 11) is -1.37. The van der Waals surface area contributed by atoms with E-state index in [0.717, 1.165) is 12.2 Å². The Morgan fingerprint density at radius 2 is 1.82 bits per heavy atom. The molecule has 0 radical (unpaired) electrons. The molecule has 0 aliphatic heterocycles. The summed E-state index contributed by atoms with van der Waals surface area (Å²) in [5, 5.41) is 9.48. The average molecular weight is 568 g/mol. The number of para-hydroxylation sites is 1. The monoisotopic (exact) mass is 567 g/mol. The van der Waals surface area contributed by atoms with Crippen LogP contribution in [0.25, 0.3) is 11.0 Å². The maximum Gasteiger partial charge on any atom is 0.418 e. The molecule has 0 unspecified atom stereocenters. The Kier molecular flexibility index (Phi) is 8.61. The molecule has 0 N–H and O–H groups in total. The number of esters is 1. The van der Waals surface area contributed by atoms with E-state index in [1.807, 2.05) is 6.07 Å². The van der Waals surface area contributed by atoms with Crippen molar-refractivity contribution in [1.29, 1.82) is 5.26 Å². The molecule has 40 heavy (non-hydrogen) atoms. The van der Waals surface area contributed by atoms with E-state index in [0.29, 0.717) is 17.9 Å². The highest BCUT2D eigenvalue weighted by Gasteiger charge is 2.36. The van der Waals surface area contributed by atoms with Gasteiger partial charge in [0.25, 0.3) is 0 Å². The summed E-state index contributed by atoms with van der Waals surface area (Å²) < 4.78 is 60.3. The van der Waals surface area contributed by atoms with Crippen LogP contribution in [0, 0.1) is 11.3 Å². The highest BCUT2D eigenvalue weighted by Crippen LogP contribution is 2.41. The van der Waals surface area contributed by atoms with Crippen molar-refractivity contribution in [3.8, 4) is 23.3 Å². The van der Waals surface area contributed by atoms with Crippen LogP contribution in [0.15, 0.2) is 67.0 Å². The summed E-state index contributed by atoms with van der Waals surface area (Å²) in [4.78, 5) is 16.5. The van der Waals surface area contributed by atoms with E-state index < -0.39 is 25.8 Å². The van der Waals surface area contributed by atoms with Crippen molar-refractivity contribution in [2.45, 2.75) is 45.0 Å². The van der Waals surface area contributed by atoms with Gasteiger partial charge in [0.05, 0.1) is 22.9 Å². The quantitative estimate of drug-likeness (QED) is 0.0873. The maximum absolute atomic E-state index is 14.0. The number of benzene rings is 2. The van der Waals surface area contributed by atoms with E-state index in [4.69, 9.17) is 14.2 Å². The predicted molar refractivity (Wildman–Crippen MR) is 146 cm³/mol. The Bertz CT molecular complexity index is 1540. The number of carbonyl (C=O) groups is 1. The average Bonchev–Trinajstić information content (AvgIpc) is 3.28. The number of carbonyl (C=O) groups excluding carboxylic acids is 1. The summed E-state index contributed by atoms with van der Waals surface area (Å²) in [6.45, 7) is 6.90. The van der Waals surface area contributed by atoms with E-state index in [2.05, 4.69) is 24.6 Å². The largest absolute Gasteiger partial charge is 0.455 e. The number of ether oxygens (including phenoxy) is 3. The second-order valence-electron chi connectivity index (χ2n) is 10.4. The molecule has 0 aliphatic rings. The van der Waals surface area contributed by atoms with Gasteiger partial charge in [-0.3, -0.25) is 4.79 Å². The minimum atomic E-state index is -4.68. The molecule has 0 saturated carbocycles. The summed E-state index contributed by atoms with van der Waals surface area (Å²) in [5.74, 6) is -0.195. The molecule has 11 heteroatoms. The number of pyridine rings is 1. The van der Waals surface area contributed by atoms with Crippen LogP contribution in [-0.4, -0.2) is 30.2 Å². The van der Waals surface area contributed by atoms with Crippen molar-refractivity contribution < 1.29 is 32.2 Å². The van der Waals surface area contributed by atoms with Gasteiger partial charge in [0.2, 0.25) is 0 Å². The first kappa shape index (κ1) is 28.9. The molecule has 7 nitrogen and oxygen atoms in total. The lowest BCUT2D eigenvalue weighted by molar-refractivity contribution is -0.136. The second-order valence-corrected chi connectivity index (χ2v) is 16.0. The zero-order valence-corrected chi connectivity index (χ0v) is 23.3. The van der Waals surface area contributed by atoms with Gasteiger partial charge in [0.15, 0.2) is 0 Å². The van der Waals surface area contributed by atoms with E-state index in [-0.39, 0.29) is 41.2 Å². The third-order valence-electron chi connectivity index (χ3n) is 5.96. The normalized spacial score (nSPS) is 11.8. The van der Waals surface area contributed by atoms with Crippen LogP contribution in [0.5, 0.6) is 17.2 Å². The smallest absolute Gasteiger partial charge is 0.418 e. The molecular weight excluding hydrogens is 539 g/mol. The van der Waals surface area contributed by atoms with Gasteiger partial charge in [0, 0.05) is 27.1 Å². The molecular formula is C29H28F3N3O4Si. The van der Waals surface area contributed by atoms with Crippen LogP contribution >= 0.6 is 0 Å². The van der Waals surface area contributed by atoms with Crippen molar-refractivity contribution in [2.24, 2.45) is 0 Å². The molecule has 4 rings (SSSR count). The Morgan fingerprint density at radius 3 is 2.50 bits per heavy atom. The molecule has 2 aromatic heterocycles. The fraction of sp³-hybridized carbons (Fsp3) is 0.276. The lowest BCUT2D eigenvalue weighted by Gasteiger charge is -2.15. The van der Waals surface area contributed by atoms with Gasteiger partial charge >= 0.3 is 12.1 Å². The van der Waals surface area contributed by atoms with E-state index in [9.17, 15) is 23.2 Å².